The minimum atomic E-state index is -0.0958. The van der Waals surface area contributed by atoms with Gasteiger partial charge in [-0.2, -0.15) is 0 Å². The average molecular weight is 432 g/mol. The maximum atomic E-state index is 10.5. The van der Waals surface area contributed by atoms with Gasteiger partial charge in [-0.25, -0.2) is 0 Å². The minimum absolute atomic E-state index is 0.0481. The lowest BCUT2D eigenvalue weighted by atomic mass is 9.53. The van der Waals surface area contributed by atoms with Gasteiger partial charge in [0.25, 0.3) is 0 Å². The van der Waals surface area contributed by atoms with Crippen molar-refractivity contribution in [2.24, 2.45) is 16.3 Å². The average Bonchev–Trinajstić information content (AvgIpc) is 3.08. The van der Waals surface area contributed by atoms with Crippen LogP contribution in [-0.2, 0) is 5.41 Å². The Hall–Kier alpha value is -2.75. The number of benzene rings is 2. The molecule has 32 heavy (non-hydrogen) atoms. The lowest BCUT2D eigenvalue weighted by molar-refractivity contribution is 0.0507. The molecule has 1 fully saturated rings. The van der Waals surface area contributed by atoms with Crippen molar-refractivity contribution in [3.8, 4) is 11.5 Å². The van der Waals surface area contributed by atoms with E-state index in [1.807, 2.05) is 43.5 Å². The molecule has 4 nitrogen and oxygen atoms in total. The van der Waals surface area contributed by atoms with E-state index in [2.05, 4.69) is 20.8 Å². The smallest absolute Gasteiger partial charge is 0.164 e. The van der Waals surface area contributed by atoms with Crippen LogP contribution in [0.1, 0.15) is 75.7 Å². The predicted octanol–water partition coefficient (Wildman–Crippen LogP) is 7.52. The summed E-state index contributed by atoms with van der Waals surface area (Å²) in [6.07, 6.45) is 7.64. The molecule has 3 aromatic rings. The maximum Gasteiger partial charge on any atom is 0.164 e. The number of furan rings is 1. The van der Waals surface area contributed by atoms with E-state index in [0.717, 1.165) is 36.1 Å². The highest BCUT2D eigenvalue weighted by Crippen LogP contribution is 2.60. The van der Waals surface area contributed by atoms with Gasteiger partial charge in [0, 0.05) is 22.7 Å². The van der Waals surface area contributed by atoms with E-state index >= 15 is 0 Å². The number of para-hydroxylation sites is 1. The first-order valence-electron chi connectivity index (χ1n) is 11.8. The second kappa shape index (κ2) is 7.40. The molecule has 2 aliphatic carbocycles. The van der Waals surface area contributed by atoms with Crippen LogP contribution in [0.2, 0.25) is 0 Å². The summed E-state index contributed by atoms with van der Waals surface area (Å²) in [4.78, 5) is 4.79. The molecule has 5 rings (SSSR count). The van der Waals surface area contributed by atoms with Gasteiger partial charge in [0.15, 0.2) is 11.5 Å². The molecule has 0 aliphatic heterocycles. The molecule has 2 aliphatic rings. The van der Waals surface area contributed by atoms with Crippen LogP contribution in [-0.4, -0.2) is 16.4 Å². The summed E-state index contributed by atoms with van der Waals surface area (Å²) in [6, 6.07) is 11.7. The predicted molar refractivity (Wildman–Crippen MR) is 129 cm³/mol. The normalized spacial score (nSPS) is 27.2. The van der Waals surface area contributed by atoms with Crippen LogP contribution in [0.5, 0.6) is 11.5 Å². The SMILES string of the molecule is Cc1c(O)c(O)cc2c3c(oc12)C(/C=N/c1ccccc1)CC[C@@H]1C(C)(C)CCC[C@@]31C. The Morgan fingerprint density at radius 1 is 1.06 bits per heavy atom. The van der Waals surface area contributed by atoms with Gasteiger partial charge in [-0.05, 0) is 67.6 Å². The van der Waals surface area contributed by atoms with E-state index in [4.69, 9.17) is 9.41 Å². The van der Waals surface area contributed by atoms with Gasteiger partial charge in [0.2, 0.25) is 0 Å². The van der Waals surface area contributed by atoms with Crippen LogP contribution in [0.3, 0.4) is 0 Å². The number of phenols is 2. The third kappa shape index (κ3) is 3.15. The quantitative estimate of drug-likeness (QED) is 0.326. The molecule has 0 radical (unpaired) electrons. The second-order valence-electron chi connectivity index (χ2n) is 10.7. The number of aromatic hydroxyl groups is 2. The Labute approximate surface area is 190 Å². The lowest BCUT2D eigenvalue weighted by Crippen LogP contribution is -2.44. The van der Waals surface area contributed by atoms with Crippen molar-refractivity contribution in [3.05, 3.63) is 53.3 Å². The van der Waals surface area contributed by atoms with E-state index in [9.17, 15) is 10.2 Å². The van der Waals surface area contributed by atoms with Gasteiger partial charge in [0.1, 0.15) is 11.3 Å². The summed E-state index contributed by atoms with van der Waals surface area (Å²) < 4.78 is 6.56. The fourth-order valence-corrected chi connectivity index (χ4v) is 6.67. The summed E-state index contributed by atoms with van der Waals surface area (Å²) in [5.74, 6) is 1.35. The van der Waals surface area contributed by atoms with E-state index in [1.54, 1.807) is 6.07 Å². The summed E-state index contributed by atoms with van der Waals surface area (Å²) in [5, 5.41) is 21.8. The maximum absolute atomic E-state index is 10.5. The molecule has 2 N–H and O–H groups in total. The number of fused-ring (bicyclic) bond motifs is 5. The summed E-state index contributed by atoms with van der Waals surface area (Å²) in [7, 11) is 0. The molecule has 0 amide bonds. The van der Waals surface area contributed by atoms with Gasteiger partial charge < -0.3 is 14.6 Å². The van der Waals surface area contributed by atoms with Crippen LogP contribution in [0.15, 0.2) is 45.8 Å². The highest BCUT2D eigenvalue weighted by molar-refractivity contribution is 5.91. The largest absolute Gasteiger partial charge is 0.504 e. The Bertz CT molecular complexity index is 1190. The molecular formula is C28H33NO3. The molecule has 3 atom stereocenters. The Balaban J connectivity index is 1.75. The Morgan fingerprint density at radius 3 is 2.56 bits per heavy atom. The van der Waals surface area contributed by atoms with E-state index in [0.29, 0.717) is 17.1 Å². The fourth-order valence-electron chi connectivity index (χ4n) is 6.67. The zero-order valence-electron chi connectivity index (χ0n) is 19.5. The zero-order chi connectivity index (χ0) is 22.7. The third-order valence-corrected chi connectivity index (χ3v) is 8.26. The number of nitrogens with zero attached hydrogens (tertiary/aromatic N) is 1. The molecule has 168 valence electrons. The van der Waals surface area contributed by atoms with Crippen molar-refractivity contribution >= 4 is 22.9 Å². The van der Waals surface area contributed by atoms with Crippen LogP contribution in [0, 0.1) is 18.3 Å². The molecule has 4 heteroatoms. The summed E-state index contributed by atoms with van der Waals surface area (Å²) in [5.41, 5.74) is 3.62. The molecule has 2 aromatic carbocycles. The number of hydrogen-bond acceptors (Lipinski definition) is 4. The van der Waals surface area contributed by atoms with Crippen LogP contribution < -0.4 is 0 Å². The highest BCUT2D eigenvalue weighted by atomic mass is 16.3. The lowest BCUT2D eigenvalue weighted by Gasteiger charge is -2.50. The fraction of sp³-hybridized carbons (Fsp3) is 0.464. The molecule has 1 saturated carbocycles. The number of aliphatic imine (C=N–C) groups is 1. The first-order chi connectivity index (χ1) is 15.2. The second-order valence-corrected chi connectivity index (χ2v) is 10.7. The van der Waals surface area contributed by atoms with Crippen LogP contribution in [0.4, 0.5) is 5.69 Å². The summed E-state index contributed by atoms with van der Waals surface area (Å²) >= 11 is 0. The van der Waals surface area contributed by atoms with Gasteiger partial charge in [-0.1, -0.05) is 45.4 Å². The molecule has 0 bridgehead atoms. The number of phenolic OH excluding ortho intramolecular Hbond substituents is 2. The minimum Gasteiger partial charge on any atom is -0.504 e. The molecular weight excluding hydrogens is 398 g/mol. The number of rotatable bonds is 2. The summed E-state index contributed by atoms with van der Waals surface area (Å²) in [6.45, 7) is 9.02. The standard InChI is InChI=1S/C28H33NO3/c1-17-24(31)21(30)15-20-23-26(32-25(17)20)18(16-29-19-9-6-5-7-10-19)11-12-22-27(2,3)13-8-14-28(22,23)4/h5-7,9-10,15-16,18,22,30-31H,8,11-14H2,1-4H3/b29-16+/t18?,22-,28-/m1/s1. The van der Waals surface area contributed by atoms with Crippen molar-refractivity contribution in [1.82, 2.24) is 0 Å². The molecule has 1 unspecified atom stereocenters. The van der Waals surface area contributed by atoms with Crippen molar-refractivity contribution in [2.75, 3.05) is 0 Å². The van der Waals surface area contributed by atoms with Gasteiger partial charge >= 0.3 is 0 Å². The number of hydrogen-bond donors (Lipinski definition) is 2. The van der Waals surface area contributed by atoms with Crippen molar-refractivity contribution in [3.63, 3.8) is 0 Å². The topological polar surface area (TPSA) is 66.0 Å². The van der Waals surface area contributed by atoms with E-state index in [1.165, 1.54) is 18.4 Å². The monoisotopic (exact) mass is 431 g/mol. The Kier molecular flexibility index (Phi) is 4.88. The van der Waals surface area contributed by atoms with Gasteiger partial charge in [0.05, 0.1) is 11.6 Å². The van der Waals surface area contributed by atoms with Crippen molar-refractivity contribution in [2.45, 2.75) is 71.1 Å². The van der Waals surface area contributed by atoms with E-state index in [-0.39, 0.29) is 28.2 Å². The Morgan fingerprint density at radius 2 is 1.81 bits per heavy atom. The highest BCUT2D eigenvalue weighted by Gasteiger charge is 2.51. The molecule has 0 spiro atoms. The van der Waals surface area contributed by atoms with Crippen LogP contribution >= 0.6 is 0 Å². The van der Waals surface area contributed by atoms with Crippen molar-refractivity contribution in [1.29, 1.82) is 0 Å². The number of aryl methyl sites for hydroxylation is 1. The molecule has 1 heterocycles. The van der Waals surface area contributed by atoms with Crippen LogP contribution in [0.25, 0.3) is 11.0 Å². The van der Waals surface area contributed by atoms with Gasteiger partial charge in [-0.3, -0.25) is 4.99 Å². The first kappa shape index (κ1) is 21.1. The zero-order valence-corrected chi connectivity index (χ0v) is 19.5. The van der Waals surface area contributed by atoms with Crippen molar-refractivity contribution < 1.29 is 14.6 Å². The molecule has 0 saturated heterocycles. The van der Waals surface area contributed by atoms with Gasteiger partial charge in [-0.15, -0.1) is 0 Å². The first-order valence-corrected chi connectivity index (χ1v) is 11.8. The third-order valence-electron chi connectivity index (χ3n) is 8.26. The van der Waals surface area contributed by atoms with E-state index < -0.39 is 0 Å². The molecule has 1 aromatic heterocycles.